The second kappa shape index (κ2) is 3.30. The normalized spacial score (nSPS) is 11.7. The summed E-state index contributed by atoms with van der Waals surface area (Å²) in [6.45, 7) is 5.87. The molecule has 1 heterocycles. The highest BCUT2D eigenvalue weighted by atomic mass is 16.5. The monoisotopic (exact) mass is 182 g/mol. The zero-order valence-electron chi connectivity index (χ0n) is 8.13. The summed E-state index contributed by atoms with van der Waals surface area (Å²) in [7, 11) is 0. The van der Waals surface area contributed by atoms with Gasteiger partial charge in [-0.1, -0.05) is 25.9 Å². The molecule has 2 N–H and O–H groups in total. The van der Waals surface area contributed by atoms with E-state index in [1.54, 1.807) is 0 Å². The Hall–Kier alpha value is -1.16. The van der Waals surface area contributed by atoms with Crippen LogP contribution in [0, 0.1) is 0 Å². The van der Waals surface area contributed by atoms with Crippen LogP contribution in [0.1, 0.15) is 36.9 Å². The predicted octanol–water partition coefficient (Wildman–Crippen LogP) is 1.11. The number of nitrogens with zero attached hydrogens (tertiary/aromatic N) is 1. The van der Waals surface area contributed by atoms with Gasteiger partial charge >= 0.3 is 0 Å². The van der Waals surface area contributed by atoms with Crippen LogP contribution in [0.4, 0.5) is 0 Å². The highest BCUT2D eigenvalue weighted by Gasteiger charge is 2.25. The zero-order valence-corrected chi connectivity index (χ0v) is 8.13. The molecule has 0 spiro atoms. The summed E-state index contributed by atoms with van der Waals surface area (Å²) < 4.78 is 5.03. The fourth-order valence-electron chi connectivity index (χ4n) is 1.09. The molecule has 1 aromatic heterocycles. The van der Waals surface area contributed by atoms with Crippen molar-refractivity contribution in [2.24, 2.45) is 5.73 Å². The third kappa shape index (κ3) is 1.95. The molecular formula is C9H14N2O2. The highest BCUT2D eigenvalue weighted by molar-refractivity contribution is 5.98. The van der Waals surface area contributed by atoms with Gasteiger partial charge in [0, 0.05) is 5.41 Å². The maximum Gasteiger partial charge on any atom is 0.181 e. The van der Waals surface area contributed by atoms with Gasteiger partial charge in [0.2, 0.25) is 0 Å². The van der Waals surface area contributed by atoms with Gasteiger partial charge in [-0.3, -0.25) is 4.79 Å². The number of rotatable bonds is 2. The van der Waals surface area contributed by atoms with Gasteiger partial charge in [0.05, 0.1) is 18.3 Å². The summed E-state index contributed by atoms with van der Waals surface area (Å²) in [5, 5.41) is 3.61. The largest absolute Gasteiger partial charge is 0.360 e. The van der Waals surface area contributed by atoms with Gasteiger partial charge in [0.15, 0.2) is 11.5 Å². The van der Waals surface area contributed by atoms with E-state index in [-0.39, 0.29) is 17.7 Å². The lowest BCUT2D eigenvalue weighted by atomic mass is 9.89. The molecule has 72 valence electrons. The van der Waals surface area contributed by atoms with Crippen LogP contribution in [-0.2, 0) is 5.41 Å². The molecule has 0 fully saturated rings. The number of aromatic nitrogens is 1. The first-order valence-electron chi connectivity index (χ1n) is 4.15. The van der Waals surface area contributed by atoms with Crippen LogP contribution < -0.4 is 5.73 Å². The van der Waals surface area contributed by atoms with Crippen LogP contribution in [0.5, 0.6) is 0 Å². The van der Waals surface area contributed by atoms with Crippen molar-refractivity contribution in [3.63, 3.8) is 0 Å². The van der Waals surface area contributed by atoms with Gasteiger partial charge in [-0.25, -0.2) is 0 Å². The number of hydrogen-bond donors (Lipinski definition) is 1. The SMILES string of the molecule is CC(C)(C)c1oncc1C(=O)CN. The lowest BCUT2D eigenvalue weighted by molar-refractivity contribution is 0.0997. The molecule has 13 heavy (non-hydrogen) atoms. The molecule has 0 atom stereocenters. The van der Waals surface area contributed by atoms with Crippen LogP contribution >= 0.6 is 0 Å². The van der Waals surface area contributed by atoms with Crippen LogP contribution in [0.15, 0.2) is 10.7 Å². The molecule has 0 radical (unpaired) electrons. The fourth-order valence-corrected chi connectivity index (χ4v) is 1.09. The number of carbonyl (C=O) groups is 1. The minimum atomic E-state index is -0.212. The van der Waals surface area contributed by atoms with Gasteiger partial charge in [0.1, 0.15) is 0 Å². The summed E-state index contributed by atoms with van der Waals surface area (Å²) in [4.78, 5) is 11.3. The predicted molar refractivity (Wildman–Crippen MR) is 48.6 cm³/mol. The number of hydrogen-bond acceptors (Lipinski definition) is 4. The van der Waals surface area contributed by atoms with Crippen LogP contribution in [0.2, 0.25) is 0 Å². The van der Waals surface area contributed by atoms with E-state index in [0.717, 1.165) is 0 Å². The van der Waals surface area contributed by atoms with Crippen molar-refractivity contribution >= 4 is 5.78 Å². The Bertz CT molecular complexity index is 310. The maximum absolute atomic E-state index is 11.3. The first-order chi connectivity index (χ1) is 5.96. The van der Waals surface area contributed by atoms with Gasteiger partial charge in [-0.2, -0.15) is 0 Å². The molecule has 0 amide bonds. The Morgan fingerprint density at radius 2 is 2.23 bits per heavy atom. The van der Waals surface area contributed by atoms with Crippen molar-refractivity contribution < 1.29 is 9.32 Å². The molecule has 4 nitrogen and oxygen atoms in total. The summed E-state index contributed by atoms with van der Waals surface area (Å²) in [5.74, 6) is 0.467. The maximum atomic E-state index is 11.3. The Kier molecular flexibility index (Phi) is 2.52. The number of carbonyl (C=O) groups excluding carboxylic acids is 1. The Morgan fingerprint density at radius 1 is 1.62 bits per heavy atom. The van der Waals surface area contributed by atoms with Gasteiger partial charge in [-0.15, -0.1) is 0 Å². The van der Waals surface area contributed by atoms with Gasteiger partial charge in [-0.05, 0) is 0 Å². The fraction of sp³-hybridized carbons (Fsp3) is 0.556. The molecule has 4 heteroatoms. The summed E-state index contributed by atoms with van der Waals surface area (Å²) in [6.07, 6.45) is 1.43. The molecule has 0 bridgehead atoms. The molecule has 0 unspecified atom stereocenters. The molecule has 0 aliphatic carbocycles. The number of nitrogens with two attached hydrogens (primary N) is 1. The lowest BCUT2D eigenvalue weighted by Crippen LogP contribution is -2.19. The van der Waals surface area contributed by atoms with E-state index in [1.807, 2.05) is 20.8 Å². The van der Waals surface area contributed by atoms with Gasteiger partial charge in [0.25, 0.3) is 0 Å². The summed E-state index contributed by atoms with van der Waals surface area (Å²) in [6, 6.07) is 0. The molecule has 1 aromatic rings. The number of ketones is 1. The van der Waals surface area contributed by atoms with Crippen molar-refractivity contribution in [3.05, 3.63) is 17.5 Å². The van der Waals surface area contributed by atoms with Crippen LogP contribution in [-0.4, -0.2) is 17.5 Å². The van der Waals surface area contributed by atoms with Crippen molar-refractivity contribution in [1.29, 1.82) is 0 Å². The van der Waals surface area contributed by atoms with Crippen LogP contribution in [0.25, 0.3) is 0 Å². The summed E-state index contributed by atoms with van der Waals surface area (Å²) >= 11 is 0. The molecule has 1 rings (SSSR count). The number of Topliss-reactive ketones (excluding diaryl/α,β-unsaturated/α-hetero) is 1. The smallest absolute Gasteiger partial charge is 0.181 e. The Labute approximate surface area is 77.1 Å². The van der Waals surface area contributed by atoms with Crippen molar-refractivity contribution in [1.82, 2.24) is 5.16 Å². The molecular weight excluding hydrogens is 168 g/mol. The first kappa shape index (κ1) is 9.92. The lowest BCUT2D eigenvalue weighted by Gasteiger charge is -2.14. The Balaban J connectivity index is 3.10. The standard InChI is InChI=1S/C9H14N2O2/c1-9(2,3)8-6(5-11-13-8)7(12)4-10/h5H,4,10H2,1-3H3. The van der Waals surface area contributed by atoms with E-state index in [0.29, 0.717) is 11.3 Å². The molecule has 0 saturated heterocycles. The van der Waals surface area contributed by atoms with Crippen molar-refractivity contribution in [2.45, 2.75) is 26.2 Å². The zero-order chi connectivity index (χ0) is 10.1. The van der Waals surface area contributed by atoms with Crippen molar-refractivity contribution in [3.8, 4) is 0 Å². The molecule has 0 saturated carbocycles. The quantitative estimate of drug-likeness (QED) is 0.696. The molecule has 0 aromatic carbocycles. The average Bonchev–Trinajstić information content (AvgIpc) is 2.49. The van der Waals surface area contributed by atoms with Crippen LogP contribution in [0.3, 0.4) is 0 Å². The van der Waals surface area contributed by atoms with E-state index in [2.05, 4.69) is 5.16 Å². The first-order valence-corrected chi connectivity index (χ1v) is 4.15. The van der Waals surface area contributed by atoms with E-state index < -0.39 is 0 Å². The van der Waals surface area contributed by atoms with E-state index in [1.165, 1.54) is 6.20 Å². The minimum absolute atomic E-state index is 0.00963. The molecule has 0 aliphatic heterocycles. The second-order valence-electron chi connectivity index (χ2n) is 3.95. The minimum Gasteiger partial charge on any atom is -0.360 e. The van der Waals surface area contributed by atoms with Crippen molar-refractivity contribution in [2.75, 3.05) is 6.54 Å². The third-order valence-corrected chi connectivity index (χ3v) is 1.74. The van der Waals surface area contributed by atoms with Gasteiger partial charge < -0.3 is 10.3 Å². The average molecular weight is 182 g/mol. The van der Waals surface area contributed by atoms with E-state index in [4.69, 9.17) is 10.3 Å². The third-order valence-electron chi connectivity index (χ3n) is 1.74. The van der Waals surface area contributed by atoms with E-state index in [9.17, 15) is 4.79 Å². The van der Waals surface area contributed by atoms with E-state index >= 15 is 0 Å². The highest BCUT2D eigenvalue weighted by Crippen LogP contribution is 2.25. The second-order valence-corrected chi connectivity index (χ2v) is 3.95. The molecule has 0 aliphatic rings. The Morgan fingerprint density at radius 3 is 2.69 bits per heavy atom. The topological polar surface area (TPSA) is 69.1 Å². The summed E-state index contributed by atoms with van der Waals surface area (Å²) in [5.41, 5.74) is 5.54.